The molecule has 0 bridgehead atoms. The number of aliphatic hydroxyl groups excluding tert-OH is 1. The van der Waals surface area contributed by atoms with Crippen LogP contribution < -0.4 is 4.74 Å². The fourth-order valence-corrected chi connectivity index (χ4v) is 4.40. The van der Waals surface area contributed by atoms with Crippen molar-refractivity contribution < 1.29 is 9.84 Å². The molecule has 0 spiro atoms. The molecule has 0 radical (unpaired) electrons. The molecule has 164 valence electrons. The smallest absolute Gasteiger partial charge is 0.123 e. The fourth-order valence-electron chi connectivity index (χ4n) is 4.40. The Bertz CT molecular complexity index is 756. The third-order valence-electron chi connectivity index (χ3n) is 6.34. The van der Waals surface area contributed by atoms with E-state index in [0.29, 0.717) is 6.61 Å². The monoisotopic (exact) mass is 410 g/mol. The highest BCUT2D eigenvalue weighted by molar-refractivity contribution is 5.33. The summed E-state index contributed by atoms with van der Waals surface area (Å²) in [6.45, 7) is 11.6. The van der Waals surface area contributed by atoms with E-state index in [4.69, 9.17) is 9.84 Å². The van der Waals surface area contributed by atoms with E-state index in [1.54, 1.807) is 0 Å². The number of rotatable bonds is 11. The lowest BCUT2D eigenvalue weighted by atomic mass is 9.95. The molecular formula is C26H38N2O2. The molecule has 4 nitrogen and oxygen atoms in total. The van der Waals surface area contributed by atoms with Crippen molar-refractivity contribution in [3.05, 3.63) is 65.2 Å². The van der Waals surface area contributed by atoms with E-state index in [-0.39, 0.29) is 6.61 Å². The number of benzene rings is 2. The van der Waals surface area contributed by atoms with E-state index in [0.717, 1.165) is 37.7 Å². The molecule has 0 atom stereocenters. The lowest BCUT2D eigenvalue weighted by molar-refractivity contribution is 0.142. The van der Waals surface area contributed by atoms with E-state index in [9.17, 15) is 0 Å². The molecular weight excluding hydrogens is 372 g/mol. The predicted molar refractivity (Wildman–Crippen MR) is 124 cm³/mol. The molecule has 0 aromatic heterocycles. The van der Waals surface area contributed by atoms with Crippen LogP contribution in [0.15, 0.2) is 48.5 Å². The number of hydrogen-bond acceptors (Lipinski definition) is 4. The largest absolute Gasteiger partial charge is 0.491 e. The molecule has 1 aliphatic rings. The summed E-state index contributed by atoms with van der Waals surface area (Å²) in [6.07, 6.45) is 3.73. The van der Waals surface area contributed by atoms with Crippen molar-refractivity contribution in [1.82, 2.24) is 9.80 Å². The first kappa shape index (κ1) is 22.8. The highest BCUT2D eigenvalue weighted by atomic mass is 16.5. The van der Waals surface area contributed by atoms with E-state index >= 15 is 0 Å². The van der Waals surface area contributed by atoms with Gasteiger partial charge in [-0.25, -0.2) is 0 Å². The van der Waals surface area contributed by atoms with Crippen LogP contribution in [0, 0.1) is 12.8 Å². The van der Waals surface area contributed by atoms with Crippen LogP contribution >= 0.6 is 0 Å². The average molecular weight is 411 g/mol. The van der Waals surface area contributed by atoms with Crippen LogP contribution in [0.1, 0.15) is 36.5 Å². The Hall–Kier alpha value is -1.88. The second kappa shape index (κ2) is 12.1. The van der Waals surface area contributed by atoms with Gasteiger partial charge in [0, 0.05) is 25.2 Å². The van der Waals surface area contributed by atoms with Crippen molar-refractivity contribution in [1.29, 1.82) is 0 Å². The molecule has 30 heavy (non-hydrogen) atoms. The number of aliphatic hydroxyl groups is 1. The second-order valence-corrected chi connectivity index (χ2v) is 8.47. The molecule has 1 heterocycles. The lowest BCUT2D eigenvalue weighted by Crippen LogP contribution is -2.39. The molecule has 3 rings (SSSR count). The molecule has 1 fully saturated rings. The molecule has 1 aliphatic heterocycles. The maximum atomic E-state index is 9.06. The molecule has 4 heteroatoms. The third-order valence-corrected chi connectivity index (χ3v) is 6.34. The van der Waals surface area contributed by atoms with Gasteiger partial charge in [0.05, 0.1) is 6.61 Å². The molecule has 0 amide bonds. The zero-order valence-corrected chi connectivity index (χ0v) is 18.7. The first-order chi connectivity index (χ1) is 14.7. The molecule has 1 saturated heterocycles. The van der Waals surface area contributed by atoms with E-state index in [2.05, 4.69) is 60.0 Å². The Balaban J connectivity index is 1.45. The fraction of sp³-hybridized carbons (Fsp3) is 0.538. The van der Waals surface area contributed by atoms with Gasteiger partial charge in [-0.1, -0.05) is 49.4 Å². The number of hydrogen-bond donors (Lipinski definition) is 1. The van der Waals surface area contributed by atoms with Crippen LogP contribution in [-0.4, -0.2) is 60.8 Å². The number of likely N-dealkylation sites (tertiary alicyclic amines) is 1. The Morgan fingerprint density at radius 3 is 2.43 bits per heavy atom. The summed E-state index contributed by atoms with van der Waals surface area (Å²) < 4.78 is 5.72. The van der Waals surface area contributed by atoms with Crippen molar-refractivity contribution in [3.63, 3.8) is 0 Å². The summed E-state index contributed by atoms with van der Waals surface area (Å²) >= 11 is 0. The van der Waals surface area contributed by atoms with Gasteiger partial charge < -0.3 is 14.7 Å². The van der Waals surface area contributed by atoms with Crippen LogP contribution in [0.2, 0.25) is 0 Å². The first-order valence-corrected chi connectivity index (χ1v) is 11.5. The maximum absolute atomic E-state index is 9.06. The summed E-state index contributed by atoms with van der Waals surface area (Å²) in [5.41, 5.74) is 4.11. The van der Waals surface area contributed by atoms with Gasteiger partial charge in [-0.3, -0.25) is 4.90 Å². The number of para-hydroxylation sites is 1. The summed E-state index contributed by atoms with van der Waals surface area (Å²) in [7, 11) is 0. The molecule has 2 aromatic carbocycles. The van der Waals surface area contributed by atoms with Gasteiger partial charge in [-0.2, -0.15) is 0 Å². The highest BCUT2D eigenvalue weighted by Crippen LogP contribution is 2.23. The topological polar surface area (TPSA) is 35.9 Å². The van der Waals surface area contributed by atoms with Gasteiger partial charge in [0.1, 0.15) is 12.4 Å². The Morgan fingerprint density at radius 2 is 1.73 bits per heavy atom. The van der Waals surface area contributed by atoms with Crippen molar-refractivity contribution in [2.75, 3.05) is 45.9 Å². The van der Waals surface area contributed by atoms with Crippen molar-refractivity contribution in [2.24, 2.45) is 5.92 Å². The molecule has 2 aromatic rings. The van der Waals surface area contributed by atoms with Gasteiger partial charge in [0.25, 0.3) is 0 Å². The highest BCUT2D eigenvalue weighted by Gasteiger charge is 2.21. The Kier molecular flexibility index (Phi) is 9.19. The summed E-state index contributed by atoms with van der Waals surface area (Å²) in [5, 5.41) is 9.06. The summed E-state index contributed by atoms with van der Waals surface area (Å²) in [5.74, 6) is 1.67. The van der Waals surface area contributed by atoms with Crippen LogP contribution in [0.25, 0.3) is 0 Å². The zero-order valence-electron chi connectivity index (χ0n) is 18.7. The van der Waals surface area contributed by atoms with Crippen molar-refractivity contribution >= 4 is 0 Å². The number of ether oxygens (including phenoxy) is 1. The zero-order chi connectivity index (χ0) is 21.2. The Morgan fingerprint density at radius 1 is 1.03 bits per heavy atom. The van der Waals surface area contributed by atoms with Gasteiger partial charge in [0.2, 0.25) is 0 Å². The average Bonchev–Trinajstić information content (AvgIpc) is 2.78. The van der Waals surface area contributed by atoms with Gasteiger partial charge in [-0.15, -0.1) is 0 Å². The van der Waals surface area contributed by atoms with Crippen molar-refractivity contribution in [2.45, 2.75) is 39.7 Å². The SMILES string of the molecule is CCN(Cc1ccccc1OCCO)CC1CCN(CCc2ccccc2C)CC1. The Labute approximate surface area is 182 Å². The number of nitrogens with zero attached hydrogens (tertiary/aromatic N) is 2. The van der Waals surface area contributed by atoms with Crippen LogP contribution in [0.4, 0.5) is 0 Å². The minimum absolute atomic E-state index is 0.0498. The molecule has 0 unspecified atom stereocenters. The maximum Gasteiger partial charge on any atom is 0.123 e. The van der Waals surface area contributed by atoms with Crippen LogP contribution in [0.5, 0.6) is 5.75 Å². The number of piperidine rings is 1. The molecule has 0 saturated carbocycles. The van der Waals surface area contributed by atoms with Gasteiger partial charge in [-0.05, 0) is 68.9 Å². The quantitative estimate of drug-likeness (QED) is 0.604. The van der Waals surface area contributed by atoms with Crippen LogP contribution in [0.3, 0.4) is 0 Å². The van der Waals surface area contributed by atoms with Gasteiger partial charge >= 0.3 is 0 Å². The standard InChI is InChI=1S/C26H38N2O2/c1-3-27(21-25-10-6-7-11-26(25)30-19-18-29)20-23-12-15-28(16-13-23)17-14-24-9-5-4-8-22(24)2/h4-11,23,29H,3,12-21H2,1-2H3. The lowest BCUT2D eigenvalue weighted by Gasteiger charge is -2.35. The first-order valence-electron chi connectivity index (χ1n) is 11.5. The van der Waals surface area contributed by atoms with Crippen molar-refractivity contribution in [3.8, 4) is 5.75 Å². The van der Waals surface area contributed by atoms with E-state index in [1.807, 2.05) is 12.1 Å². The molecule has 0 aliphatic carbocycles. The van der Waals surface area contributed by atoms with Crippen LogP contribution in [-0.2, 0) is 13.0 Å². The predicted octanol–water partition coefficient (Wildman–Crippen LogP) is 4.14. The van der Waals surface area contributed by atoms with E-state index < -0.39 is 0 Å². The minimum atomic E-state index is 0.0498. The number of aryl methyl sites for hydroxylation is 1. The third kappa shape index (κ3) is 6.83. The van der Waals surface area contributed by atoms with Gasteiger partial charge in [0.15, 0.2) is 0 Å². The summed E-state index contributed by atoms with van der Waals surface area (Å²) in [4.78, 5) is 5.17. The second-order valence-electron chi connectivity index (χ2n) is 8.47. The van der Waals surface area contributed by atoms with E-state index in [1.165, 1.54) is 49.2 Å². The minimum Gasteiger partial charge on any atom is -0.491 e. The summed E-state index contributed by atoms with van der Waals surface area (Å²) in [6, 6.07) is 17.0. The molecule has 1 N–H and O–H groups in total. The normalized spacial score (nSPS) is 15.6.